The fourth-order valence-corrected chi connectivity index (χ4v) is 5.79. The van der Waals surface area contributed by atoms with Crippen LogP contribution in [0.3, 0.4) is 0 Å². The first-order valence-electron chi connectivity index (χ1n) is 11.0. The van der Waals surface area contributed by atoms with Crippen LogP contribution in [0.2, 0.25) is 10.0 Å². The van der Waals surface area contributed by atoms with E-state index in [0.717, 1.165) is 23.0 Å². The van der Waals surface area contributed by atoms with E-state index < -0.39 is 22.5 Å². The molecule has 6 nitrogen and oxygen atoms in total. The number of rotatable bonds is 8. The topological polar surface area (TPSA) is 69.7 Å². The molecular formula is C25H25Cl2N3O3S. The van der Waals surface area contributed by atoms with Crippen molar-refractivity contribution in [2.24, 2.45) is 0 Å². The van der Waals surface area contributed by atoms with E-state index in [0.29, 0.717) is 0 Å². The van der Waals surface area contributed by atoms with Crippen molar-refractivity contribution in [1.29, 1.82) is 0 Å². The first-order chi connectivity index (χ1) is 16.4. The zero-order valence-electron chi connectivity index (χ0n) is 18.5. The van der Waals surface area contributed by atoms with Gasteiger partial charge in [0.1, 0.15) is 6.54 Å². The Morgan fingerprint density at radius 2 is 1.59 bits per heavy atom. The fourth-order valence-electron chi connectivity index (χ4n) is 3.89. The molecule has 0 bridgehead atoms. The second-order valence-corrected chi connectivity index (χ2v) is 10.7. The van der Waals surface area contributed by atoms with Crippen molar-refractivity contribution < 1.29 is 13.2 Å². The monoisotopic (exact) mass is 517 g/mol. The molecule has 1 saturated heterocycles. The lowest BCUT2D eigenvalue weighted by molar-refractivity contribution is -0.119. The van der Waals surface area contributed by atoms with Gasteiger partial charge in [-0.2, -0.15) is 0 Å². The number of carbonyl (C=O) groups is 1. The molecule has 3 aromatic rings. The number of sulfonamides is 1. The number of amides is 1. The van der Waals surface area contributed by atoms with Crippen LogP contribution in [0.15, 0.2) is 77.7 Å². The normalized spacial score (nSPS) is 13.6. The van der Waals surface area contributed by atoms with Gasteiger partial charge in [0.15, 0.2) is 0 Å². The van der Waals surface area contributed by atoms with Crippen molar-refractivity contribution >= 4 is 50.5 Å². The molecule has 0 saturated carbocycles. The molecule has 3 aromatic carbocycles. The molecule has 1 aliphatic rings. The van der Waals surface area contributed by atoms with Gasteiger partial charge >= 0.3 is 0 Å². The van der Waals surface area contributed by atoms with E-state index >= 15 is 0 Å². The number of benzene rings is 3. The number of hydrogen-bond acceptors (Lipinski definition) is 4. The molecule has 0 spiro atoms. The predicted molar refractivity (Wildman–Crippen MR) is 137 cm³/mol. The molecule has 34 heavy (non-hydrogen) atoms. The molecule has 0 radical (unpaired) electrons. The molecule has 178 valence electrons. The molecule has 1 aliphatic heterocycles. The van der Waals surface area contributed by atoms with Gasteiger partial charge in [0.05, 0.1) is 20.6 Å². The zero-order valence-corrected chi connectivity index (χ0v) is 20.8. The lowest BCUT2D eigenvalue weighted by atomic mass is 10.2. The number of hydrogen-bond donors (Lipinski definition) is 1. The van der Waals surface area contributed by atoms with Gasteiger partial charge in [0, 0.05) is 25.3 Å². The van der Waals surface area contributed by atoms with Crippen LogP contribution in [-0.2, 0) is 21.4 Å². The van der Waals surface area contributed by atoms with Gasteiger partial charge in [-0.1, -0.05) is 59.6 Å². The van der Waals surface area contributed by atoms with Crippen LogP contribution in [0.25, 0.3) is 0 Å². The summed E-state index contributed by atoms with van der Waals surface area (Å²) < 4.78 is 27.8. The van der Waals surface area contributed by atoms with Gasteiger partial charge in [0.25, 0.3) is 10.0 Å². The van der Waals surface area contributed by atoms with Crippen molar-refractivity contribution in [3.63, 3.8) is 0 Å². The van der Waals surface area contributed by atoms with E-state index in [1.807, 2.05) is 24.3 Å². The molecule has 1 fully saturated rings. The van der Waals surface area contributed by atoms with Gasteiger partial charge in [0.2, 0.25) is 5.91 Å². The highest BCUT2D eigenvalue weighted by molar-refractivity contribution is 7.92. The van der Waals surface area contributed by atoms with Crippen molar-refractivity contribution in [3.05, 3.63) is 88.4 Å². The standard InChI is InChI=1S/C25H25Cl2N3O3S/c26-22-9-6-10-23(25(22)27)30(34(32,33)21-7-2-1-3-8-21)18-24(31)28-17-19-11-13-20(14-12-19)29-15-4-5-16-29/h1-3,6-14H,4-5,15-18H2,(H,28,31). The predicted octanol–water partition coefficient (Wildman–Crippen LogP) is 5.11. The molecule has 0 unspecified atom stereocenters. The van der Waals surface area contributed by atoms with Gasteiger partial charge in [-0.3, -0.25) is 9.10 Å². The molecular weight excluding hydrogens is 493 g/mol. The summed E-state index contributed by atoms with van der Waals surface area (Å²) in [5.41, 5.74) is 2.24. The first-order valence-corrected chi connectivity index (χ1v) is 13.2. The summed E-state index contributed by atoms with van der Waals surface area (Å²) >= 11 is 12.5. The third-order valence-electron chi connectivity index (χ3n) is 5.72. The molecule has 0 atom stereocenters. The number of anilines is 2. The summed E-state index contributed by atoms with van der Waals surface area (Å²) in [5.74, 6) is -0.459. The highest BCUT2D eigenvalue weighted by Gasteiger charge is 2.29. The number of carbonyl (C=O) groups excluding carboxylic acids is 1. The summed E-state index contributed by atoms with van der Waals surface area (Å²) in [6.45, 7) is 1.96. The van der Waals surface area contributed by atoms with E-state index in [1.54, 1.807) is 30.3 Å². The molecule has 1 heterocycles. The maximum atomic E-state index is 13.4. The summed E-state index contributed by atoms with van der Waals surface area (Å²) in [6.07, 6.45) is 2.41. The maximum Gasteiger partial charge on any atom is 0.264 e. The highest BCUT2D eigenvalue weighted by Crippen LogP contribution is 2.35. The summed E-state index contributed by atoms with van der Waals surface area (Å²) in [7, 11) is -4.06. The van der Waals surface area contributed by atoms with Crippen molar-refractivity contribution in [1.82, 2.24) is 5.32 Å². The Hall–Kier alpha value is -2.74. The van der Waals surface area contributed by atoms with Gasteiger partial charge in [-0.05, 0) is 54.8 Å². The van der Waals surface area contributed by atoms with Crippen molar-refractivity contribution in [2.75, 3.05) is 28.8 Å². The summed E-state index contributed by atoms with van der Waals surface area (Å²) in [5, 5.41) is 3.07. The smallest absolute Gasteiger partial charge is 0.264 e. The highest BCUT2D eigenvalue weighted by atomic mass is 35.5. The molecule has 0 aliphatic carbocycles. The number of nitrogens with zero attached hydrogens (tertiary/aromatic N) is 2. The Balaban J connectivity index is 1.51. The second-order valence-electron chi connectivity index (χ2n) is 8.04. The van der Waals surface area contributed by atoms with Crippen LogP contribution in [0.1, 0.15) is 18.4 Å². The zero-order chi connectivity index (χ0) is 24.1. The number of nitrogens with one attached hydrogen (secondary N) is 1. The van der Waals surface area contributed by atoms with Gasteiger partial charge in [-0.15, -0.1) is 0 Å². The third-order valence-corrected chi connectivity index (χ3v) is 8.30. The maximum absolute atomic E-state index is 13.4. The summed E-state index contributed by atoms with van der Waals surface area (Å²) in [6, 6.07) is 20.6. The molecule has 0 aromatic heterocycles. The molecule has 1 N–H and O–H groups in total. The Morgan fingerprint density at radius 1 is 0.912 bits per heavy atom. The number of halogens is 2. The molecule has 9 heteroatoms. The van der Waals surface area contributed by atoms with E-state index in [1.165, 1.54) is 36.7 Å². The van der Waals surface area contributed by atoms with E-state index in [9.17, 15) is 13.2 Å². The fraction of sp³-hybridized carbons (Fsp3) is 0.240. The van der Waals surface area contributed by atoms with Crippen LogP contribution in [0.4, 0.5) is 11.4 Å². The second kappa shape index (κ2) is 10.7. The minimum Gasteiger partial charge on any atom is -0.372 e. The first kappa shape index (κ1) is 24.4. The van der Waals surface area contributed by atoms with E-state index in [-0.39, 0.29) is 27.2 Å². The average Bonchev–Trinajstić information content (AvgIpc) is 3.39. The average molecular weight is 518 g/mol. The lowest BCUT2D eigenvalue weighted by Gasteiger charge is -2.25. The quantitative estimate of drug-likeness (QED) is 0.450. The largest absolute Gasteiger partial charge is 0.372 e. The minimum absolute atomic E-state index is 0.0522. The minimum atomic E-state index is -4.06. The van der Waals surface area contributed by atoms with Crippen LogP contribution in [-0.4, -0.2) is 34.0 Å². The van der Waals surface area contributed by atoms with Crippen molar-refractivity contribution in [3.8, 4) is 0 Å². The molecule has 1 amide bonds. The Kier molecular flexibility index (Phi) is 7.66. The SMILES string of the molecule is O=C(CN(c1cccc(Cl)c1Cl)S(=O)(=O)c1ccccc1)NCc1ccc(N2CCCC2)cc1. The molecule has 4 rings (SSSR count). The van der Waals surface area contributed by atoms with Crippen LogP contribution < -0.4 is 14.5 Å². The Bertz CT molecular complexity index is 1250. The van der Waals surface area contributed by atoms with Crippen LogP contribution in [0, 0.1) is 0 Å². The van der Waals surface area contributed by atoms with Crippen LogP contribution in [0.5, 0.6) is 0 Å². The Labute approximate surface area is 210 Å². The van der Waals surface area contributed by atoms with Gasteiger partial charge < -0.3 is 10.2 Å². The summed E-state index contributed by atoms with van der Waals surface area (Å²) in [4.78, 5) is 15.2. The van der Waals surface area contributed by atoms with E-state index in [2.05, 4.69) is 10.2 Å². The van der Waals surface area contributed by atoms with E-state index in [4.69, 9.17) is 23.2 Å². The van der Waals surface area contributed by atoms with Crippen LogP contribution >= 0.6 is 23.2 Å². The third kappa shape index (κ3) is 5.49. The lowest BCUT2D eigenvalue weighted by Crippen LogP contribution is -2.40. The van der Waals surface area contributed by atoms with Gasteiger partial charge in [-0.25, -0.2) is 8.42 Å². The Morgan fingerprint density at radius 3 is 2.26 bits per heavy atom. The van der Waals surface area contributed by atoms with Crippen molar-refractivity contribution in [2.45, 2.75) is 24.3 Å².